The minimum Gasteiger partial charge on any atom is -0.338 e. The van der Waals surface area contributed by atoms with E-state index >= 15 is 0 Å². The summed E-state index contributed by atoms with van der Waals surface area (Å²) in [6.45, 7) is 6.24. The van der Waals surface area contributed by atoms with E-state index in [-0.39, 0.29) is 22.1 Å². The van der Waals surface area contributed by atoms with Gasteiger partial charge in [-0.05, 0) is 55.5 Å². The highest BCUT2D eigenvalue weighted by Gasteiger charge is 2.32. The van der Waals surface area contributed by atoms with Crippen molar-refractivity contribution in [2.75, 3.05) is 6.54 Å². The van der Waals surface area contributed by atoms with Gasteiger partial charge in [0.2, 0.25) is 5.91 Å². The van der Waals surface area contributed by atoms with E-state index in [1.165, 1.54) is 4.68 Å². The first-order valence-electron chi connectivity index (χ1n) is 7.71. The van der Waals surface area contributed by atoms with Crippen molar-refractivity contribution in [1.82, 2.24) is 14.7 Å². The fourth-order valence-corrected chi connectivity index (χ4v) is 3.53. The van der Waals surface area contributed by atoms with Gasteiger partial charge in [-0.1, -0.05) is 6.92 Å². The standard InChI is InChI=1S/C15H22BrF2N3O/c1-4-11-7-5-6-8-20(11)15(22)10(3)21-9(2)12(16)13(19-21)14(17)18/h10-11,14H,4-8H2,1-3H3/t10-,11+/m1/s1. The molecule has 4 nitrogen and oxygen atoms in total. The molecule has 0 unspecified atom stereocenters. The predicted octanol–water partition coefficient (Wildman–Crippen LogP) is 4.24. The maximum Gasteiger partial charge on any atom is 0.283 e. The Morgan fingerprint density at radius 3 is 2.68 bits per heavy atom. The summed E-state index contributed by atoms with van der Waals surface area (Å²) in [6, 6.07) is -0.325. The molecule has 2 atom stereocenters. The smallest absolute Gasteiger partial charge is 0.283 e. The van der Waals surface area contributed by atoms with Crippen molar-refractivity contribution in [3.05, 3.63) is 15.9 Å². The number of aromatic nitrogens is 2. The lowest BCUT2D eigenvalue weighted by Crippen LogP contribution is -2.46. The van der Waals surface area contributed by atoms with Gasteiger partial charge in [0.05, 0.1) is 10.2 Å². The summed E-state index contributed by atoms with van der Waals surface area (Å²) >= 11 is 3.15. The van der Waals surface area contributed by atoms with Gasteiger partial charge >= 0.3 is 0 Å². The molecule has 1 aromatic heterocycles. The largest absolute Gasteiger partial charge is 0.338 e. The molecule has 1 aromatic rings. The lowest BCUT2D eigenvalue weighted by molar-refractivity contribution is -0.138. The molecule has 0 bridgehead atoms. The first kappa shape index (κ1) is 17.4. The van der Waals surface area contributed by atoms with Crippen LogP contribution in [0.5, 0.6) is 0 Å². The summed E-state index contributed by atoms with van der Waals surface area (Å²) < 4.78 is 27.6. The minimum absolute atomic E-state index is 0.0366. The number of piperidine rings is 1. The second kappa shape index (κ2) is 7.06. The molecule has 1 saturated heterocycles. The molecule has 1 fully saturated rings. The molecule has 0 radical (unpaired) electrons. The summed E-state index contributed by atoms with van der Waals surface area (Å²) in [5.41, 5.74) is 0.254. The van der Waals surface area contributed by atoms with Gasteiger partial charge in [-0.2, -0.15) is 5.10 Å². The Hall–Kier alpha value is -0.980. The van der Waals surface area contributed by atoms with E-state index in [0.29, 0.717) is 5.69 Å². The maximum atomic E-state index is 13.0. The van der Waals surface area contributed by atoms with Crippen molar-refractivity contribution in [1.29, 1.82) is 0 Å². The molecule has 124 valence electrons. The van der Waals surface area contributed by atoms with Crippen LogP contribution in [-0.2, 0) is 4.79 Å². The van der Waals surface area contributed by atoms with Crippen LogP contribution < -0.4 is 0 Å². The van der Waals surface area contributed by atoms with Gasteiger partial charge in [-0.3, -0.25) is 9.48 Å². The number of carbonyl (C=O) groups excluding carboxylic acids is 1. The zero-order valence-electron chi connectivity index (χ0n) is 13.2. The molecule has 0 aliphatic carbocycles. The third kappa shape index (κ3) is 3.19. The van der Waals surface area contributed by atoms with Crippen LogP contribution in [0.1, 0.15) is 63.4 Å². The second-order valence-corrected chi connectivity index (χ2v) is 6.59. The van der Waals surface area contributed by atoms with Crippen LogP contribution in [0.2, 0.25) is 0 Å². The number of hydrogen-bond donors (Lipinski definition) is 0. The Morgan fingerprint density at radius 2 is 2.14 bits per heavy atom. The van der Waals surface area contributed by atoms with Gasteiger partial charge in [0.1, 0.15) is 11.7 Å². The molecule has 2 rings (SSSR count). The highest BCUT2D eigenvalue weighted by molar-refractivity contribution is 9.10. The van der Waals surface area contributed by atoms with Crippen molar-refractivity contribution in [3.8, 4) is 0 Å². The van der Waals surface area contributed by atoms with E-state index in [1.54, 1.807) is 13.8 Å². The number of hydrogen-bond acceptors (Lipinski definition) is 2. The van der Waals surface area contributed by atoms with Crippen LogP contribution in [0, 0.1) is 6.92 Å². The Kier molecular flexibility index (Phi) is 5.58. The van der Waals surface area contributed by atoms with Crippen molar-refractivity contribution in [3.63, 3.8) is 0 Å². The Labute approximate surface area is 138 Å². The predicted molar refractivity (Wildman–Crippen MR) is 84.0 cm³/mol. The lowest BCUT2D eigenvalue weighted by atomic mass is 9.99. The summed E-state index contributed by atoms with van der Waals surface area (Å²) in [4.78, 5) is 14.7. The molecule has 0 N–H and O–H groups in total. The number of rotatable bonds is 4. The molecule has 1 aliphatic heterocycles. The normalized spacial score (nSPS) is 20.5. The summed E-state index contributed by atoms with van der Waals surface area (Å²) in [6.07, 6.45) is 1.41. The summed E-state index contributed by atoms with van der Waals surface area (Å²) in [7, 11) is 0. The van der Waals surface area contributed by atoms with E-state index < -0.39 is 12.5 Å². The first-order valence-corrected chi connectivity index (χ1v) is 8.50. The van der Waals surface area contributed by atoms with Gasteiger partial charge in [-0.25, -0.2) is 8.78 Å². The molecule has 0 aromatic carbocycles. The van der Waals surface area contributed by atoms with Crippen molar-refractivity contribution < 1.29 is 13.6 Å². The number of alkyl halides is 2. The lowest BCUT2D eigenvalue weighted by Gasteiger charge is -2.37. The van der Waals surface area contributed by atoms with Gasteiger partial charge < -0.3 is 4.90 Å². The molecule has 1 amide bonds. The minimum atomic E-state index is -2.66. The van der Waals surface area contributed by atoms with E-state index in [2.05, 4.69) is 28.0 Å². The van der Waals surface area contributed by atoms with Gasteiger partial charge in [0, 0.05) is 12.6 Å². The Balaban J connectivity index is 2.25. The molecule has 0 saturated carbocycles. The third-order valence-corrected chi connectivity index (χ3v) is 5.39. The third-order valence-electron chi connectivity index (χ3n) is 4.41. The van der Waals surface area contributed by atoms with Crippen LogP contribution in [-0.4, -0.2) is 33.2 Å². The quantitative estimate of drug-likeness (QED) is 0.786. The van der Waals surface area contributed by atoms with Crippen LogP contribution in [0.4, 0.5) is 8.78 Å². The number of carbonyl (C=O) groups is 1. The number of halogens is 3. The van der Waals surface area contributed by atoms with Crippen LogP contribution in [0.15, 0.2) is 4.47 Å². The van der Waals surface area contributed by atoms with Crippen molar-refractivity contribution in [2.24, 2.45) is 0 Å². The first-order chi connectivity index (χ1) is 10.4. The molecular weight excluding hydrogens is 356 g/mol. The average Bonchev–Trinajstić information content (AvgIpc) is 2.82. The molecular formula is C15H22BrF2N3O. The SMILES string of the molecule is CC[C@H]1CCCCN1C(=O)[C@@H](C)n1nc(C(F)F)c(Br)c1C. The fraction of sp³-hybridized carbons (Fsp3) is 0.733. The summed E-state index contributed by atoms with van der Waals surface area (Å²) in [5.74, 6) is -0.0366. The number of amides is 1. The highest BCUT2D eigenvalue weighted by atomic mass is 79.9. The topological polar surface area (TPSA) is 38.1 Å². The van der Waals surface area contributed by atoms with Crippen LogP contribution in [0.3, 0.4) is 0 Å². The van der Waals surface area contributed by atoms with E-state index in [0.717, 1.165) is 32.2 Å². The van der Waals surface area contributed by atoms with E-state index in [1.807, 2.05) is 4.90 Å². The van der Waals surface area contributed by atoms with Gasteiger partial charge in [-0.15, -0.1) is 0 Å². The van der Waals surface area contributed by atoms with Gasteiger partial charge in [0.25, 0.3) is 6.43 Å². The maximum absolute atomic E-state index is 13.0. The molecule has 7 heteroatoms. The second-order valence-electron chi connectivity index (χ2n) is 5.80. The molecule has 1 aliphatic rings. The van der Waals surface area contributed by atoms with E-state index in [4.69, 9.17) is 0 Å². The molecule has 22 heavy (non-hydrogen) atoms. The zero-order chi connectivity index (χ0) is 16.4. The van der Waals surface area contributed by atoms with Crippen molar-refractivity contribution in [2.45, 2.75) is 65.0 Å². The van der Waals surface area contributed by atoms with Crippen molar-refractivity contribution >= 4 is 21.8 Å². The van der Waals surface area contributed by atoms with Crippen LogP contribution >= 0.6 is 15.9 Å². The summed E-state index contributed by atoms with van der Waals surface area (Å²) in [5, 5.41) is 3.95. The molecule has 2 heterocycles. The van der Waals surface area contributed by atoms with E-state index in [9.17, 15) is 13.6 Å². The number of likely N-dealkylation sites (tertiary alicyclic amines) is 1. The zero-order valence-corrected chi connectivity index (χ0v) is 14.7. The monoisotopic (exact) mass is 377 g/mol. The Morgan fingerprint density at radius 1 is 1.45 bits per heavy atom. The average molecular weight is 378 g/mol. The molecule has 0 spiro atoms. The highest BCUT2D eigenvalue weighted by Crippen LogP contribution is 2.31. The van der Waals surface area contributed by atoms with Crippen LogP contribution in [0.25, 0.3) is 0 Å². The fourth-order valence-electron chi connectivity index (χ4n) is 3.10. The van der Waals surface area contributed by atoms with Gasteiger partial charge in [0.15, 0.2) is 0 Å². The number of nitrogens with zero attached hydrogens (tertiary/aromatic N) is 3. The Bertz CT molecular complexity index is 547.